The molecule has 5 aromatic carbocycles. The summed E-state index contributed by atoms with van der Waals surface area (Å²) in [6, 6.07) is 36.5. The van der Waals surface area contributed by atoms with Crippen molar-refractivity contribution in [3.8, 4) is 17.0 Å². The van der Waals surface area contributed by atoms with Crippen LogP contribution in [-0.4, -0.2) is 99.6 Å². The summed E-state index contributed by atoms with van der Waals surface area (Å²) in [7, 11) is 1.09. The number of pyridine rings is 1. The van der Waals surface area contributed by atoms with E-state index in [9.17, 15) is 35.9 Å². The fraction of sp³-hybridized carbons (Fsp3) is 0.314. The summed E-state index contributed by atoms with van der Waals surface area (Å²) in [6.07, 6.45) is -3.62. The molecule has 1 atom stereocenters. The number of hydrogen-bond acceptors (Lipinski definition) is 10. The number of aromatic nitrogens is 1. The fourth-order valence-corrected chi connectivity index (χ4v) is 8.10. The molecule has 6 rings (SSSR count). The van der Waals surface area contributed by atoms with Gasteiger partial charge >= 0.3 is 25.3 Å². The van der Waals surface area contributed by atoms with Gasteiger partial charge < -0.3 is 26.4 Å². The van der Waals surface area contributed by atoms with E-state index in [1.165, 1.54) is 0 Å². The Balaban J connectivity index is 0.00000126. The summed E-state index contributed by atoms with van der Waals surface area (Å²) in [4.78, 5) is 60.4. The fourth-order valence-electron chi connectivity index (χ4n) is 7.69. The molecule has 5 N–H and O–H groups in total. The van der Waals surface area contributed by atoms with Gasteiger partial charge in [0.15, 0.2) is 12.3 Å². The first-order valence-corrected chi connectivity index (χ1v) is 23.2. The van der Waals surface area contributed by atoms with E-state index in [1.807, 2.05) is 91.0 Å². The van der Waals surface area contributed by atoms with Crippen molar-refractivity contribution < 1.29 is 68.9 Å². The molecule has 1 heterocycles. The molecule has 72 heavy (non-hydrogen) atoms. The summed E-state index contributed by atoms with van der Waals surface area (Å²) in [6.45, 7) is -2.45. The van der Waals surface area contributed by atoms with Crippen molar-refractivity contribution >= 4 is 85.9 Å². The van der Waals surface area contributed by atoms with E-state index in [4.69, 9.17) is 58.6 Å². The third-order valence-corrected chi connectivity index (χ3v) is 11.5. The number of benzene rings is 5. The van der Waals surface area contributed by atoms with Gasteiger partial charge in [0.25, 0.3) is 0 Å². The second-order valence-electron chi connectivity index (χ2n) is 16.0. The number of anilines is 3. The highest BCUT2D eigenvalue weighted by atomic mass is 35.5. The van der Waals surface area contributed by atoms with Gasteiger partial charge in [0.05, 0.1) is 37.5 Å². The number of halogens is 8. The Morgan fingerprint density at radius 1 is 0.750 bits per heavy atom. The minimum absolute atomic E-state index is 0.0181. The summed E-state index contributed by atoms with van der Waals surface area (Å²) in [5.41, 5.74) is 19.1. The lowest BCUT2D eigenvalue weighted by molar-refractivity contribution is -1.01. The maximum Gasteiger partial charge on any atom is 0.560 e. The first kappa shape index (κ1) is 59.3. The molecule has 0 fully saturated rings. The van der Waals surface area contributed by atoms with E-state index < -0.39 is 17.5 Å². The van der Waals surface area contributed by atoms with Crippen LogP contribution in [0.4, 0.5) is 43.4 Å². The van der Waals surface area contributed by atoms with Crippen molar-refractivity contribution in [2.24, 2.45) is 0 Å². The Hall–Kier alpha value is -7.01. The smallest absolute Gasteiger partial charge is 0.494 e. The number of ketones is 1. The normalized spacial score (nSPS) is 11.6. The molecule has 1 aromatic heterocycles. The number of alkyl halides is 8. The second kappa shape index (κ2) is 30.0. The Morgan fingerprint density at radius 2 is 1.32 bits per heavy atom. The molecule has 1 unspecified atom stereocenters. The molecular formula is C51H54Cl2F6N6O7+2. The summed E-state index contributed by atoms with van der Waals surface area (Å²) in [5.74, 6) is 0.990. The molecule has 0 saturated carbocycles. The van der Waals surface area contributed by atoms with Gasteiger partial charge in [-0.05, 0) is 67.1 Å². The van der Waals surface area contributed by atoms with Crippen molar-refractivity contribution in [3.63, 3.8) is 0 Å². The van der Waals surface area contributed by atoms with Crippen molar-refractivity contribution in [2.45, 2.75) is 45.2 Å². The standard InChI is InChI=1S/C48H51Cl2F3N6O3.CHF3.2CO2/c1-59(48(51,52)53,29-25-56-46(61)10-6-30-62-40-19-17-39(18-20-40)57(26-23-49)27-24-50)28-5-9-45(60)35-13-11-34(12-14-35)33-58-44-32-38(55)16-22-42(44)41-21-15-37(54)31-43(41)47(58)36-7-3-2-4-8-36;2-1(3)4;2*2-1-3/h2-4,7-8,11-22,31-32,55H,5-6,9-10,23-30,33,54H2,1H3;1H;;/p+2. The number of nitrogens with two attached hydrogens (primary N) is 2. The minimum Gasteiger partial charge on any atom is -0.494 e. The number of carbonyl (C=O) groups is 2. The number of nitrogens with zero attached hydrogens (tertiary/aromatic N) is 3. The number of fused-ring (bicyclic) bond motifs is 3. The molecule has 0 bridgehead atoms. The van der Waals surface area contributed by atoms with E-state index in [2.05, 4.69) is 26.9 Å². The zero-order valence-electron chi connectivity index (χ0n) is 39.1. The lowest BCUT2D eigenvalue weighted by Gasteiger charge is -2.35. The molecule has 0 aliphatic rings. The number of amides is 1. The largest absolute Gasteiger partial charge is 0.560 e. The van der Waals surface area contributed by atoms with Gasteiger partial charge in [0.1, 0.15) is 12.3 Å². The lowest BCUT2D eigenvalue weighted by Crippen LogP contribution is -2.58. The zero-order chi connectivity index (χ0) is 53.3. The third-order valence-electron chi connectivity index (χ3n) is 11.2. The lowest BCUT2D eigenvalue weighted by atomic mass is 9.97. The Bertz CT molecular complexity index is 2710. The van der Waals surface area contributed by atoms with E-state index in [0.29, 0.717) is 60.5 Å². The minimum atomic E-state index is -4.58. The number of carbonyl (C=O) groups excluding carboxylic acids is 6. The van der Waals surface area contributed by atoms with Crippen LogP contribution < -0.4 is 31.0 Å². The van der Waals surface area contributed by atoms with Crippen LogP contribution in [0.3, 0.4) is 0 Å². The quantitative estimate of drug-likeness (QED) is 0.00723. The first-order chi connectivity index (χ1) is 34.4. The highest BCUT2D eigenvalue weighted by Crippen LogP contribution is 2.34. The van der Waals surface area contributed by atoms with Crippen LogP contribution in [0.2, 0.25) is 0 Å². The molecular weight excluding hydrogens is 993 g/mol. The molecule has 0 spiro atoms. The Labute approximate surface area is 421 Å². The monoisotopic (exact) mass is 1050 g/mol. The molecule has 1 amide bonds. The molecule has 21 heteroatoms. The van der Waals surface area contributed by atoms with E-state index in [0.717, 1.165) is 51.2 Å². The van der Waals surface area contributed by atoms with Crippen LogP contribution in [0.5, 0.6) is 5.75 Å². The molecule has 0 aliphatic heterocycles. The van der Waals surface area contributed by atoms with E-state index >= 15 is 0 Å². The summed E-state index contributed by atoms with van der Waals surface area (Å²) in [5, 5.41) is 5.66. The maximum absolute atomic E-state index is 14.3. The summed E-state index contributed by atoms with van der Waals surface area (Å²) >= 11 is 11.8. The predicted molar refractivity (Wildman–Crippen MR) is 262 cm³/mol. The Morgan fingerprint density at radius 3 is 1.89 bits per heavy atom. The number of nitrogens with one attached hydrogen (secondary N) is 1. The Kier molecular flexibility index (Phi) is 24.7. The molecule has 13 nitrogen and oxygen atoms in total. The number of nitrogen functional groups attached to an aromatic ring is 2. The molecule has 0 aliphatic carbocycles. The van der Waals surface area contributed by atoms with Crippen LogP contribution >= 0.6 is 23.2 Å². The SMILES string of the molecule is C[N+](CCCC(=O)c1ccc(C[n+]2c(-c3ccccc3)c3cc(N)ccc3c3ccc(N)cc32)cc1)(CCNC(=O)CCCOc1ccc(N(CCCl)CCCl)cc1)C(F)(F)F.FC(F)F.O=C=O.O=C=O. The van der Waals surface area contributed by atoms with Crippen molar-refractivity contribution in [1.82, 2.24) is 5.32 Å². The first-order valence-electron chi connectivity index (χ1n) is 22.2. The molecule has 6 aromatic rings. The summed E-state index contributed by atoms with van der Waals surface area (Å²) < 4.78 is 78.7. The van der Waals surface area contributed by atoms with Gasteiger partial charge in [-0.2, -0.15) is 36.9 Å². The van der Waals surface area contributed by atoms with E-state index in [1.54, 1.807) is 12.1 Å². The van der Waals surface area contributed by atoms with Crippen molar-refractivity contribution in [2.75, 3.05) is 74.5 Å². The third kappa shape index (κ3) is 18.3. The maximum atomic E-state index is 14.3. The zero-order valence-corrected chi connectivity index (χ0v) is 40.6. The number of ether oxygens (including phenoxy) is 1. The number of likely N-dealkylation sites (N-methyl/N-ethyl adjacent to an activating group) is 1. The average molecular weight is 1050 g/mol. The van der Waals surface area contributed by atoms with Gasteiger partial charge in [0.2, 0.25) is 17.1 Å². The molecule has 384 valence electrons. The molecule has 0 radical (unpaired) electrons. The number of quaternary nitrogens is 1. The van der Waals surface area contributed by atoms with Gasteiger partial charge in [-0.1, -0.05) is 48.5 Å². The van der Waals surface area contributed by atoms with Gasteiger partial charge in [-0.15, -0.1) is 36.4 Å². The van der Waals surface area contributed by atoms with E-state index in [-0.39, 0.29) is 69.5 Å². The van der Waals surface area contributed by atoms with Crippen LogP contribution in [-0.2, 0) is 30.5 Å². The molecule has 0 saturated heterocycles. The highest BCUT2D eigenvalue weighted by Gasteiger charge is 2.51. The highest BCUT2D eigenvalue weighted by molar-refractivity contribution is 6.18. The van der Waals surface area contributed by atoms with Crippen molar-refractivity contribution in [3.05, 3.63) is 126 Å². The van der Waals surface area contributed by atoms with Crippen LogP contribution in [0.15, 0.2) is 115 Å². The van der Waals surface area contributed by atoms with Crippen LogP contribution in [0.1, 0.15) is 41.6 Å². The average Bonchev–Trinajstić information content (AvgIpc) is 3.33. The van der Waals surface area contributed by atoms with Crippen LogP contribution in [0.25, 0.3) is 32.9 Å². The predicted octanol–water partition coefficient (Wildman–Crippen LogP) is 9.36. The second-order valence-corrected chi connectivity index (χ2v) is 16.7. The van der Waals surface area contributed by atoms with Gasteiger partial charge in [-0.25, -0.2) is 4.48 Å². The van der Waals surface area contributed by atoms with Crippen LogP contribution in [0, 0.1) is 0 Å². The number of rotatable bonds is 21. The number of Topliss-reactive ketones (excluding diaryl/α,β-unsaturated/α-hetero) is 1. The van der Waals surface area contributed by atoms with Crippen molar-refractivity contribution in [1.29, 1.82) is 0 Å². The topological polar surface area (TPSA) is 183 Å². The van der Waals surface area contributed by atoms with Gasteiger partial charge in [0, 0.05) is 89.3 Å². The van der Waals surface area contributed by atoms with Gasteiger partial charge in [-0.3, -0.25) is 9.59 Å². The number of hydrogen-bond donors (Lipinski definition) is 3.